The number of rotatable bonds is 3. The van der Waals surface area contributed by atoms with Gasteiger partial charge in [0.15, 0.2) is 0 Å². The SMILES string of the molecule is CNc1ccc(C(=O)Nc2ccc(Br)c(Cl)c2Cl)cc1C. The molecule has 0 unspecified atom stereocenters. The Hall–Kier alpha value is -1.23. The van der Waals surface area contributed by atoms with E-state index in [2.05, 4.69) is 26.6 Å². The van der Waals surface area contributed by atoms with Gasteiger partial charge >= 0.3 is 0 Å². The molecule has 110 valence electrons. The van der Waals surface area contributed by atoms with Crippen LogP contribution in [0.15, 0.2) is 34.8 Å². The molecule has 0 heterocycles. The van der Waals surface area contributed by atoms with Gasteiger partial charge in [0, 0.05) is 22.8 Å². The Bertz CT molecular complexity index is 704. The number of aryl methyl sites for hydroxylation is 1. The molecule has 2 N–H and O–H groups in total. The molecule has 0 aliphatic heterocycles. The second kappa shape index (κ2) is 6.69. The van der Waals surface area contributed by atoms with Gasteiger partial charge in [-0.25, -0.2) is 0 Å². The van der Waals surface area contributed by atoms with E-state index in [0.717, 1.165) is 11.3 Å². The van der Waals surface area contributed by atoms with Gasteiger partial charge in [0.2, 0.25) is 0 Å². The molecule has 0 aliphatic rings. The average molecular weight is 388 g/mol. The zero-order chi connectivity index (χ0) is 15.6. The first-order valence-corrected chi connectivity index (χ1v) is 7.72. The summed E-state index contributed by atoms with van der Waals surface area (Å²) in [6, 6.07) is 8.86. The maximum atomic E-state index is 12.3. The minimum absolute atomic E-state index is 0.235. The Balaban J connectivity index is 2.26. The highest BCUT2D eigenvalue weighted by Gasteiger charge is 2.13. The minimum Gasteiger partial charge on any atom is -0.388 e. The van der Waals surface area contributed by atoms with Crippen molar-refractivity contribution in [3.63, 3.8) is 0 Å². The van der Waals surface area contributed by atoms with Crippen LogP contribution >= 0.6 is 39.1 Å². The summed E-state index contributed by atoms with van der Waals surface area (Å²) in [5.41, 5.74) is 3.01. The van der Waals surface area contributed by atoms with Gasteiger partial charge in [0.05, 0.1) is 15.7 Å². The van der Waals surface area contributed by atoms with Gasteiger partial charge in [-0.05, 0) is 58.7 Å². The lowest BCUT2D eigenvalue weighted by molar-refractivity contribution is 0.102. The van der Waals surface area contributed by atoms with Crippen molar-refractivity contribution < 1.29 is 4.79 Å². The highest BCUT2D eigenvalue weighted by Crippen LogP contribution is 2.36. The number of benzene rings is 2. The first-order valence-electron chi connectivity index (χ1n) is 6.17. The van der Waals surface area contributed by atoms with Gasteiger partial charge in [-0.3, -0.25) is 4.79 Å². The molecule has 2 aromatic rings. The normalized spacial score (nSPS) is 10.3. The summed E-state index contributed by atoms with van der Waals surface area (Å²) in [6.45, 7) is 1.94. The van der Waals surface area contributed by atoms with E-state index in [1.54, 1.807) is 18.2 Å². The molecule has 1 amide bonds. The number of amides is 1. The Morgan fingerprint density at radius 3 is 2.38 bits per heavy atom. The number of hydrogen-bond donors (Lipinski definition) is 2. The molecule has 0 aliphatic carbocycles. The van der Waals surface area contributed by atoms with E-state index in [4.69, 9.17) is 23.2 Å². The topological polar surface area (TPSA) is 41.1 Å². The molecule has 0 saturated heterocycles. The van der Waals surface area contributed by atoms with E-state index >= 15 is 0 Å². The Morgan fingerprint density at radius 1 is 1.10 bits per heavy atom. The molecule has 0 fully saturated rings. The van der Waals surface area contributed by atoms with Crippen LogP contribution in [0.5, 0.6) is 0 Å². The lowest BCUT2D eigenvalue weighted by atomic mass is 10.1. The number of carbonyl (C=O) groups is 1. The zero-order valence-electron chi connectivity index (χ0n) is 11.4. The second-order valence-electron chi connectivity index (χ2n) is 4.46. The number of carbonyl (C=O) groups excluding carboxylic acids is 1. The monoisotopic (exact) mass is 386 g/mol. The summed E-state index contributed by atoms with van der Waals surface area (Å²) in [4.78, 5) is 12.3. The van der Waals surface area contributed by atoms with Crippen LogP contribution in [0.25, 0.3) is 0 Å². The van der Waals surface area contributed by atoms with E-state index < -0.39 is 0 Å². The first kappa shape index (κ1) is 16.1. The summed E-state index contributed by atoms with van der Waals surface area (Å²) in [7, 11) is 1.84. The van der Waals surface area contributed by atoms with Crippen molar-refractivity contribution in [3.05, 3.63) is 56.0 Å². The molecule has 21 heavy (non-hydrogen) atoms. The zero-order valence-corrected chi connectivity index (χ0v) is 14.5. The van der Waals surface area contributed by atoms with Crippen LogP contribution < -0.4 is 10.6 Å². The summed E-state index contributed by atoms with van der Waals surface area (Å²) < 4.78 is 0.682. The summed E-state index contributed by atoms with van der Waals surface area (Å²) in [5, 5.41) is 6.50. The molecule has 0 saturated carbocycles. The number of anilines is 2. The lowest BCUT2D eigenvalue weighted by Crippen LogP contribution is -2.12. The Kier molecular flexibility index (Phi) is 5.14. The van der Waals surface area contributed by atoms with Crippen molar-refractivity contribution >= 4 is 56.4 Å². The van der Waals surface area contributed by atoms with Gasteiger partial charge in [-0.2, -0.15) is 0 Å². The van der Waals surface area contributed by atoms with Gasteiger partial charge in [0.25, 0.3) is 5.91 Å². The van der Waals surface area contributed by atoms with Gasteiger partial charge < -0.3 is 10.6 Å². The third kappa shape index (κ3) is 3.51. The summed E-state index contributed by atoms with van der Waals surface area (Å²) >= 11 is 15.4. The largest absolute Gasteiger partial charge is 0.388 e. The smallest absolute Gasteiger partial charge is 0.255 e. The van der Waals surface area contributed by atoms with Crippen LogP contribution in [0.3, 0.4) is 0 Å². The van der Waals surface area contributed by atoms with Crippen LogP contribution in [-0.4, -0.2) is 13.0 Å². The molecule has 0 spiro atoms. The number of hydrogen-bond acceptors (Lipinski definition) is 2. The fourth-order valence-electron chi connectivity index (χ4n) is 1.90. The highest BCUT2D eigenvalue weighted by molar-refractivity contribution is 9.10. The van der Waals surface area contributed by atoms with Crippen LogP contribution in [0.2, 0.25) is 10.0 Å². The Morgan fingerprint density at radius 2 is 1.76 bits per heavy atom. The summed E-state index contributed by atoms with van der Waals surface area (Å²) in [6.07, 6.45) is 0. The van der Waals surface area contributed by atoms with Crippen molar-refractivity contribution in [2.45, 2.75) is 6.92 Å². The average Bonchev–Trinajstić information content (AvgIpc) is 2.47. The number of nitrogens with one attached hydrogen (secondary N) is 2. The molecule has 2 aromatic carbocycles. The highest BCUT2D eigenvalue weighted by atomic mass is 79.9. The summed E-state index contributed by atoms with van der Waals surface area (Å²) in [5.74, 6) is -0.235. The molecule has 0 bridgehead atoms. The van der Waals surface area contributed by atoms with Crippen LogP contribution in [0.4, 0.5) is 11.4 Å². The fraction of sp³-hybridized carbons (Fsp3) is 0.133. The van der Waals surface area contributed by atoms with E-state index in [0.29, 0.717) is 25.8 Å². The molecule has 2 rings (SSSR count). The van der Waals surface area contributed by atoms with Gasteiger partial charge in [0.1, 0.15) is 0 Å². The maximum Gasteiger partial charge on any atom is 0.255 e. The molecule has 0 atom stereocenters. The van der Waals surface area contributed by atoms with Crippen molar-refractivity contribution in [2.75, 3.05) is 17.7 Å². The van der Waals surface area contributed by atoms with Crippen LogP contribution in [-0.2, 0) is 0 Å². The van der Waals surface area contributed by atoms with Gasteiger partial charge in [-0.15, -0.1) is 0 Å². The molecule has 0 aromatic heterocycles. The van der Waals surface area contributed by atoms with E-state index in [1.807, 2.05) is 26.1 Å². The van der Waals surface area contributed by atoms with Crippen LogP contribution in [0, 0.1) is 6.92 Å². The molecule has 0 radical (unpaired) electrons. The Labute approximate surface area is 141 Å². The molecular formula is C15H13BrCl2N2O. The van der Waals surface area contributed by atoms with Crippen molar-refractivity contribution in [1.82, 2.24) is 0 Å². The first-order chi connectivity index (χ1) is 9.93. The minimum atomic E-state index is -0.235. The maximum absolute atomic E-state index is 12.3. The predicted octanol–water partition coefficient (Wildman–Crippen LogP) is 5.36. The second-order valence-corrected chi connectivity index (χ2v) is 6.07. The van der Waals surface area contributed by atoms with Crippen LogP contribution in [0.1, 0.15) is 15.9 Å². The van der Waals surface area contributed by atoms with E-state index in [-0.39, 0.29) is 5.91 Å². The van der Waals surface area contributed by atoms with E-state index in [1.165, 1.54) is 0 Å². The third-order valence-electron chi connectivity index (χ3n) is 3.04. The number of halogens is 3. The predicted molar refractivity (Wildman–Crippen MR) is 92.8 cm³/mol. The van der Waals surface area contributed by atoms with Gasteiger partial charge in [-0.1, -0.05) is 23.2 Å². The van der Waals surface area contributed by atoms with Crippen molar-refractivity contribution in [3.8, 4) is 0 Å². The third-order valence-corrected chi connectivity index (χ3v) is 4.81. The van der Waals surface area contributed by atoms with Crippen molar-refractivity contribution in [2.24, 2.45) is 0 Å². The molecular weight excluding hydrogens is 375 g/mol. The lowest BCUT2D eigenvalue weighted by Gasteiger charge is -2.11. The standard InChI is InChI=1S/C15H13BrCl2N2O/c1-8-7-9(3-5-11(8)19-2)15(21)20-12-6-4-10(16)13(17)14(12)18/h3-7,19H,1-2H3,(H,20,21). The van der Waals surface area contributed by atoms with Crippen molar-refractivity contribution in [1.29, 1.82) is 0 Å². The molecule has 6 heteroatoms. The fourth-order valence-corrected chi connectivity index (χ4v) is 2.72. The molecule has 3 nitrogen and oxygen atoms in total. The quantitative estimate of drug-likeness (QED) is 0.696. The van der Waals surface area contributed by atoms with E-state index in [9.17, 15) is 4.79 Å².